The number of rotatable bonds is 4. The molecule has 64 valence electrons. The number of nitrogens with one attached hydrogen (secondary N) is 1. The van der Waals surface area contributed by atoms with Gasteiger partial charge in [-0.05, 0) is 6.92 Å². The SMILES string of the molecule is COC(=O)/C=C(/C)NCCO. The lowest BCUT2D eigenvalue weighted by Crippen LogP contribution is -2.16. The van der Waals surface area contributed by atoms with Crippen LogP contribution in [0.4, 0.5) is 0 Å². The van der Waals surface area contributed by atoms with Crippen LogP contribution in [0.2, 0.25) is 0 Å². The van der Waals surface area contributed by atoms with Crippen molar-refractivity contribution in [1.82, 2.24) is 5.32 Å². The van der Waals surface area contributed by atoms with Gasteiger partial charge in [-0.3, -0.25) is 0 Å². The fourth-order valence-electron chi connectivity index (χ4n) is 0.540. The summed E-state index contributed by atoms with van der Waals surface area (Å²) in [6.07, 6.45) is 1.33. The van der Waals surface area contributed by atoms with Gasteiger partial charge >= 0.3 is 5.97 Å². The molecule has 4 nitrogen and oxygen atoms in total. The van der Waals surface area contributed by atoms with Crippen molar-refractivity contribution in [3.05, 3.63) is 11.8 Å². The smallest absolute Gasteiger partial charge is 0.332 e. The highest BCUT2D eigenvalue weighted by Gasteiger charge is 1.94. The number of aliphatic hydroxyl groups excluding tert-OH is 1. The van der Waals surface area contributed by atoms with Crippen LogP contribution in [-0.4, -0.2) is 31.3 Å². The van der Waals surface area contributed by atoms with E-state index in [1.807, 2.05) is 0 Å². The van der Waals surface area contributed by atoms with Crippen LogP contribution in [-0.2, 0) is 9.53 Å². The van der Waals surface area contributed by atoms with Gasteiger partial charge in [0.05, 0.1) is 13.7 Å². The summed E-state index contributed by atoms with van der Waals surface area (Å²) in [5.74, 6) is -0.395. The predicted molar refractivity (Wildman–Crippen MR) is 40.9 cm³/mol. The van der Waals surface area contributed by atoms with Gasteiger partial charge < -0.3 is 15.2 Å². The third-order valence-corrected chi connectivity index (χ3v) is 1.05. The maximum absolute atomic E-state index is 10.6. The van der Waals surface area contributed by atoms with Crippen molar-refractivity contribution < 1.29 is 14.6 Å². The number of methoxy groups -OCH3 is 1. The Balaban J connectivity index is 3.70. The van der Waals surface area contributed by atoms with E-state index in [1.165, 1.54) is 13.2 Å². The molecule has 4 heteroatoms. The van der Waals surface area contributed by atoms with Crippen LogP contribution in [0.15, 0.2) is 11.8 Å². The maximum atomic E-state index is 10.6. The van der Waals surface area contributed by atoms with Crippen LogP contribution in [0.3, 0.4) is 0 Å². The van der Waals surface area contributed by atoms with Crippen molar-refractivity contribution in [2.75, 3.05) is 20.3 Å². The molecular formula is C7H13NO3. The number of hydrogen-bond donors (Lipinski definition) is 2. The molecule has 0 aliphatic carbocycles. The Morgan fingerprint density at radius 1 is 1.73 bits per heavy atom. The van der Waals surface area contributed by atoms with Gasteiger partial charge in [-0.2, -0.15) is 0 Å². The van der Waals surface area contributed by atoms with Crippen molar-refractivity contribution in [2.24, 2.45) is 0 Å². The number of ether oxygens (including phenoxy) is 1. The number of esters is 1. The van der Waals surface area contributed by atoms with Crippen LogP contribution in [0.25, 0.3) is 0 Å². The molecule has 0 aromatic carbocycles. The Bertz CT molecular complexity index is 154. The molecular weight excluding hydrogens is 146 g/mol. The lowest BCUT2D eigenvalue weighted by molar-refractivity contribution is -0.134. The second-order valence-electron chi connectivity index (χ2n) is 2.00. The van der Waals surface area contributed by atoms with E-state index in [-0.39, 0.29) is 6.61 Å². The van der Waals surface area contributed by atoms with Crippen molar-refractivity contribution in [2.45, 2.75) is 6.92 Å². The molecule has 0 amide bonds. The molecule has 0 fully saturated rings. The Hall–Kier alpha value is -1.03. The molecule has 0 aromatic heterocycles. The fraction of sp³-hybridized carbons (Fsp3) is 0.571. The molecule has 0 aliphatic rings. The highest BCUT2D eigenvalue weighted by atomic mass is 16.5. The van der Waals surface area contributed by atoms with Gasteiger partial charge in [0.15, 0.2) is 0 Å². The van der Waals surface area contributed by atoms with Crippen molar-refractivity contribution in [3.63, 3.8) is 0 Å². The number of aliphatic hydroxyl groups is 1. The minimum absolute atomic E-state index is 0.0480. The minimum Gasteiger partial charge on any atom is -0.466 e. The van der Waals surface area contributed by atoms with E-state index in [9.17, 15) is 4.79 Å². The number of carbonyl (C=O) groups is 1. The number of carbonyl (C=O) groups excluding carboxylic acids is 1. The Morgan fingerprint density at radius 3 is 2.82 bits per heavy atom. The van der Waals surface area contributed by atoms with E-state index < -0.39 is 5.97 Å². The van der Waals surface area contributed by atoms with Gasteiger partial charge in [0, 0.05) is 18.3 Å². The number of allylic oxidation sites excluding steroid dienone is 1. The first-order chi connectivity index (χ1) is 5.20. The third kappa shape index (κ3) is 5.42. The van der Waals surface area contributed by atoms with E-state index in [0.717, 1.165) is 0 Å². The molecule has 0 bridgehead atoms. The molecule has 0 radical (unpaired) electrons. The minimum atomic E-state index is -0.395. The highest BCUT2D eigenvalue weighted by Crippen LogP contribution is 1.86. The summed E-state index contributed by atoms with van der Waals surface area (Å²) >= 11 is 0. The molecule has 0 atom stereocenters. The zero-order chi connectivity index (χ0) is 8.69. The maximum Gasteiger partial charge on any atom is 0.332 e. The molecule has 0 spiro atoms. The molecule has 0 aliphatic heterocycles. The van der Waals surface area contributed by atoms with Crippen molar-refractivity contribution in [3.8, 4) is 0 Å². The summed E-state index contributed by atoms with van der Waals surface area (Å²) in [6, 6.07) is 0. The normalized spacial score (nSPS) is 11.0. The first kappa shape index (κ1) is 9.97. The van der Waals surface area contributed by atoms with Gasteiger partial charge in [-0.1, -0.05) is 0 Å². The highest BCUT2D eigenvalue weighted by molar-refractivity contribution is 5.82. The fourth-order valence-corrected chi connectivity index (χ4v) is 0.540. The first-order valence-electron chi connectivity index (χ1n) is 3.31. The van der Waals surface area contributed by atoms with Gasteiger partial charge in [0.1, 0.15) is 0 Å². The summed E-state index contributed by atoms with van der Waals surface area (Å²) in [5.41, 5.74) is 0.686. The van der Waals surface area contributed by atoms with Crippen LogP contribution in [0.5, 0.6) is 0 Å². The monoisotopic (exact) mass is 159 g/mol. The second kappa shape index (κ2) is 5.73. The third-order valence-electron chi connectivity index (χ3n) is 1.05. The standard InChI is InChI=1S/C7H13NO3/c1-6(8-3-4-9)5-7(10)11-2/h5,8-9H,3-4H2,1-2H3/b6-5-. The molecule has 0 aromatic rings. The summed E-state index contributed by atoms with van der Waals surface area (Å²) in [5, 5.41) is 11.2. The molecule has 0 saturated carbocycles. The second-order valence-corrected chi connectivity index (χ2v) is 2.00. The molecule has 0 unspecified atom stereocenters. The molecule has 11 heavy (non-hydrogen) atoms. The zero-order valence-corrected chi connectivity index (χ0v) is 6.76. The summed E-state index contributed by atoms with van der Waals surface area (Å²) in [6.45, 7) is 2.22. The van der Waals surface area contributed by atoms with E-state index in [1.54, 1.807) is 6.92 Å². The lowest BCUT2D eigenvalue weighted by atomic mass is 10.4. The zero-order valence-electron chi connectivity index (χ0n) is 6.76. The van der Waals surface area contributed by atoms with Crippen molar-refractivity contribution in [1.29, 1.82) is 0 Å². The first-order valence-corrected chi connectivity index (χ1v) is 3.31. The lowest BCUT2D eigenvalue weighted by Gasteiger charge is -2.02. The Labute approximate surface area is 65.9 Å². The average molecular weight is 159 g/mol. The average Bonchev–Trinajstić information content (AvgIpc) is 2.00. The predicted octanol–water partition coefficient (Wildman–Crippen LogP) is -0.355. The van der Waals surface area contributed by atoms with Crippen LogP contribution < -0.4 is 5.32 Å². The summed E-state index contributed by atoms with van der Waals surface area (Å²) in [7, 11) is 1.32. The topological polar surface area (TPSA) is 58.6 Å². The van der Waals surface area contributed by atoms with E-state index in [4.69, 9.17) is 5.11 Å². The molecule has 2 N–H and O–H groups in total. The quantitative estimate of drug-likeness (QED) is 0.434. The summed E-state index contributed by atoms with van der Waals surface area (Å²) in [4.78, 5) is 10.6. The van der Waals surface area contributed by atoms with Gasteiger partial charge in [0.2, 0.25) is 0 Å². The molecule has 0 rings (SSSR count). The van der Waals surface area contributed by atoms with Crippen molar-refractivity contribution >= 4 is 5.97 Å². The van der Waals surface area contributed by atoms with Gasteiger partial charge in [-0.25, -0.2) is 4.79 Å². The Kier molecular flexibility index (Phi) is 5.20. The van der Waals surface area contributed by atoms with E-state index in [2.05, 4.69) is 10.1 Å². The summed E-state index contributed by atoms with van der Waals surface area (Å²) < 4.78 is 4.38. The van der Waals surface area contributed by atoms with Crippen LogP contribution >= 0.6 is 0 Å². The van der Waals surface area contributed by atoms with Gasteiger partial charge in [0.25, 0.3) is 0 Å². The van der Waals surface area contributed by atoms with Crippen LogP contribution in [0, 0.1) is 0 Å². The van der Waals surface area contributed by atoms with E-state index in [0.29, 0.717) is 12.2 Å². The Morgan fingerprint density at radius 2 is 2.36 bits per heavy atom. The molecule has 0 saturated heterocycles. The largest absolute Gasteiger partial charge is 0.466 e. The number of hydrogen-bond acceptors (Lipinski definition) is 4. The van der Waals surface area contributed by atoms with E-state index >= 15 is 0 Å². The molecule has 0 heterocycles. The van der Waals surface area contributed by atoms with Crippen LogP contribution in [0.1, 0.15) is 6.92 Å². The van der Waals surface area contributed by atoms with Gasteiger partial charge in [-0.15, -0.1) is 0 Å².